The number of ether oxygens (including phenoxy) is 1. The van der Waals surface area contributed by atoms with Crippen molar-refractivity contribution in [2.24, 2.45) is 0 Å². The highest BCUT2D eigenvalue weighted by molar-refractivity contribution is 5.88. The number of imidazole rings is 1. The first-order valence-electron chi connectivity index (χ1n) is 9.06. The van der Waals surface area contributed by atoms with Crippen molar-refractivity contribution in [3.05, 3.63) is 54.2 Å². The summed E-state index contributed by atoms with van der Waals surface area (Å²) >= 11 is 0. The zero-order valence-electron chi connectivity index (χ0n) is 16.1. The molecule has 2 N–H and O–H groups in total. The minimum atomic E-state index is 0.592. The maximum Gasteiger partial charge on any atom is 0.182 e. The minimum absolute atomic E-state index is 0.592. The Bertz CT molecular complexity index is 1350. The van der Waals surface area contributed by atoms with Gasteiger partial charge in [0.05, 0.1) is 19.1 Å². The molecule has 5 rings (SSSR count). The Balaban J connectivity index is 1.65. The van der Waals surface area contributed by atoms with E-state index in [0.29, 0.717) is 17.3 Å². The third kappa shape index (κ3) is 2.83. The number of hydrogen-bond donors (Lipinski definition) is 2. The van der Waals surface area contributed by atoms with Crippen LogP contribution in [0.5, 0.6) is 5.75 Å². The summed E-state index contributed by atoms with van der Waals surface area (Å²) in [7, 11) is 1.65. The molecule has 0 saturated carbocycles. The fourth-order valence-electron chi connectivity index (χ4n) is 3.39. The van der Waals surface area contributed by atoms with Gasteiger partial charge in [0.15, 0.2) is 17.3 Å². The summed E-state index contributed by atoms with van der Waals surface area (Å²) in [5.41, 5.74) is 4.04. The maximum atomic E-state index is 5.51. The number of anilines is 2. The van der Waals surface area contributed by atoms with Gasteiger partial charge in [0.1, 0.15) is 28.9 Å². The van der Waals surface area contributed by atoms with Crippen LogP contribution in [0.4, 0.5) is 11.6 Å². The fourth-order valence-corrected chi connectivity index (χ4v) is 3.39. The van der Waals surface area contributed by atoms with Crippen molar-refractivity contribution in [1.29, 1.82) is 0 Å². The molecule has 0 atom stereocenters. The lowest BCUT2D eigenvalue weighted by Crippen LogP contribution is -2.07. The molecule has 1 aromatic carbocycles. The van der Waals surface area contributed by atoms with Crippen LogP contribution in [0.2, 0.25) is 0 Å². The van der Waals surface area contributed by atoms with E-state index in [9.17, 15) is 0 Å². The van der Waals surface area contributed by atoms with Crippen molar-refractivity contribution in [3.63, 3.8) is 0 Å². The van der Waals surface area contributed by atoms with Gasteiger partial charge in [-0.2, -0.15) is 9.78 Å². The van der Waals surface area contributed by atoms with E-state index < -0.39 is 0 Å². The van der Waals surface area contributed by atoms with E-state index in [-0.39, 0.29) is 0 Å². The van der Waals surface area contributed by atoms with Gasteiger partial charge in [-0.15, -0.1) is 0 Å². The van der Waals surface area contributed by atoms with E-state index in [1.165, 1.54) is 6.33 Å². The number of aromatic amines is 1. The molecule has 0 unspecified atom stereocenters. The van der Waals surface area contributed by atoms with Crippen molar-refractivity contribution in [2.45, 2.75) is 13.8 Å². The summed E-state index contributed by atoms with van der Waals surface area (Å²) in [5, 5.41) is 9.00. The summed E-state index contributed by atoms with van der Waals surface area (Å²) in [6, 6.07) is 9.85. The molecular weight excluding hydrogens is 368 g/mol. The Morgan fingerprint density at radius 3 is 2.86 bits per heavy atom. The van der Waals surface area contributed by atoms with E-state index in [0.717, 1.165) is 39.2 Å². The van der Waals surface area contributed by atoms with Crippen LogP contribution in [0.1, 0.15) is 11.3 Å². The molecule has 5 aromatic rings. The second-order valence-corrected chi connectivity index (χ2v) is 6.68. The van der Waals surface area contributed by atoms with Crippen LogP contribution in [0.3, 0.4) is 0 Å². The monoisotopic (exact) mass is 386 g/mol. The Kier molecular flexibility index (Phi) is 3.87. The van der Waals surface area contributed by atoms with Crippen LogP contribution in [0.15, 0.2) is 43.0 Å². The second kappa shape index (κ2) is 6.55. The highest BCUT2D eigenvalue weighted by Gasteiger charge is 2.15. The molecule has 144 valence electrons. The Hall–Kier alpha value is -4.01. The van der Waals surface area contributed by atoms with Crippen LogP contribution in [0, 0.1) is 13.8 Å². The van der Waals surface area contributed by atoms with Crippen LogP contribution in [-0.4, -0.2) is 41.8 Å². The molecule has 9 heteroatoms. The van der Waals surface area contributed by atoms with Crippen LogP contribution < -0.4 is 10.1 Å². The number of aryl methyl sites for hydroxylation is 2. The average Bonchev–Trinajstić information content (AvgIpc) is 3.34. The van der Waals surface area contributed by atoms with Gasteiger partial charge in [-0.05, 0) is 31.5 Å². The van der Waals surface area contributed by atoms with E-state index in [4.69, 9.17) is 9.72 Å². The molecule has 0 aliphatic heterocycles. The summed E-state index contributed by atoms with van der Waals surface area (Å²) in [5.74, 6) is 2.76. The number of nitrogens with one attached hydrogen (secondary N) is 2. The van der Waals surface area contributed by atoms with Gasteiger partial charge in [0.2, 0.25) is 0 Å². The first-order valence-corrected chi connectivity index (χ1v) is 9.06. The number of hydrogen-bond acceptors (Lipinski definition) is 7. The lowest BCUT2D eigenvalue weighted by atomic mass is 10.1. The third-order valence-corrected chi connectivity index (χ3v) is 4.73. The molecular formula is C20H18N8O. The molecule has 0 bridgehead atoms. The van der Waals surface area contributed by atoms with Crippen molar-refractivity contribution in [1.82, 2.24) is 34.7 Å². The Labute approximate surface area is 165 Å². The zero-order valence-corrected chi connectivity index (χ0v) is 16.1. The van der Waals surface area contributed by atoms with Gasteiger partial charge in [0.25, 0.3) is 0 Å². The number of para-hydroxylation sites is 1. The number of methoxy groups -OCH3 is 1. The molecule has 0 saturated heterocycles. The van der Waals surface area contributed by atoms with Crippen LogP contribution in [-0.2, 0) is 0 Å². The second-order valence-electron chi connectivity index (χ2n) is 6.68. The van der Waals surface area contributed by atoms with E-state index in [1.54, 1.807) is 18.1 Å². The third-order valence-electron chi connectivity index (χ3n) is 4.73. The molecule has 0 radical (unpaired) electrons. The van der Waals surface area contributed by atoms with Gasteiger partial charge in [0, 0.05) is 11.5 Å². The number of H-pyrrole nitrogens is 1. The highest BCUT2D eigenvalue weighted by Crippen LogP contribution is 2.29. The molecule has 0 fully saturated rings. The number of pyridine rings is 1. The van der Waals surface area contributed by atoms with Crippen LogP contribution >= 0.6 is 0 Å². The zero-order chi connectivity index (χ0) is 20.0. The molecule has 0 aliphatic carbocycles. The molecule has 0 spiro atoms. The van der Waals surface area contributed by atoms with E-state index >= 15 is 0 Å². The number of benzene rings is 1. The SMILES string of the molecule is COc1cccc2c(C)cc(-n3nc(C)cc3Nc3ncnc4nc[nH]c34)nc12. The van der Waals surface area contributed by atoms with Crippen molar-refractivity contribution >= 4 is 33.7 Å². The average molecular weight is 386 g/mol. The van der Waals surface area contributed by atoms with Crippen molar-refractivity contribution in [2.75, 3.05) is 12.4 Å². The number of rotatable bonds is 4. The summed E-state index contributed by atoms with van der Waals surface area (Å²) < 4.78 is 7.27. The largest absolute Gasteiger partial charge is 0.494 e. The van der Waals surface area contributed by atoms with Crippen molar-refractivity contribution in [3.8, 4) is 11.6 Å². The van der Waals surface area contributed by atoms with Gasteiger partial charge in [-0.25, -0.2) is 19.9 Å². The smallest absolute Gasteiger partial charge is 0.182 e. The normalized spacial score (nSPS) is 11.3. The topological polar surface area (TPSA) is 106 Å². The Morgan fingerprint density at radius 1 is 1.10 bits per heavy atom. The van der Waals surface area contributed by atoms with E-state index in [2.05, 4.69) is 37.3 Å². The van der Waals surface area contributed by atoms with Gasteiger partial charge < -0.3 is 15.0 Å². The van der Waals surface area contributed by atoms with E-state index in [1.807, 2.05) is 37.3 Å². The predicted octanol–water partition coefficient (Wildman–Crippen LogP) is 3.46. The minimum Gasteiger partial charge on any atom is -0.494 e. The van der Waals surface area contributed by atoms with Crippen LogP contribution in [0.25, 0.3) is 27.9 Å². The molecule has 29 heavy (non-hydrogen) atoms. The Morgan fingerprint density at radius 2 is 2.00 bits per heavy atom. The standard InChI is InChI=1S/C20H18N8O/c1-11-7-15(25-17-13(11)5-4-6-14(17)29-3)28-16(8-12(2)27-28)26-20-18-19(22-9-21-18)23-10-24-20/h4-10H,1-3H3,(H2,21,22,23,24,26). The summed E-state index contributed by atoms with van der Waals surface area (Å²) in [6.07, 6.45) is 3.07. The number of nitrogens with zero attached hydrogens (tertiary/aromatic N) is 6. The van der Waals surface area contributed by atoms with Gasteiger partial charge in [-0.1, -0.05) is 12.1 Å². The molecule has 9 nitrogen and oxygen atoms in total. The number of aromatic nitrogens is 7. The highest BCUT2D eigenvalue weighted by atomic mass is 16.5. The first-order chi connectivity index (χ1) is 14.1. The summed E-state index contributed by atoms with van der Waals surface area (Å²) in [4.78, 5) is 20.6. The lowest BCUT2D eigenvalue weighted by Gasteiger charge is -2.12. The quantitative estimate of drug-likeness (QED) is 0.487. The molecule has 0 aliphatic rings. The fraction of sp³-hybridized carbons (Fsp3) is 0.150. The summed E-state index contributed by atoms with van der Waals surface area (Å²) in [6.45, 7) is 3.98. The lowest BCUT2D eigenvalue weighted by molar-refractivity contribution is 0.419. The molecule has 0 amide bonds. The predicted molar refractivity (Wildman–Crippen MR) is 110 cm³/mol. The number of fused-ring (bicyclic) bond motifs is 2. The molecule has 4 aromatic heterocycles. The first kappa shape index (κ1) is 17.1. The van der Waals surface area contributed by atoms with Crippen molar-refractivity contribution < 1.29 is 4.74 Å². The molecule has 4 heterocycles. The van der Waals surface area contributed by atoms with Gasteiger partial charge >= 0.3 is 0 Å². The maximum absolute atomic E-state index is 5.51. The van der Waals surface area contributed by atoms with Gasteiger partial charge in [-0.3, -0.25) is 0 Å².